The molecule has 0 fully saturated rings. The Labute approximate surface area is 157 Å². The van der Waals surface area contributed by atoms with E-state index >= 15 is 0 Å². The molecule has 26 heavy (non-hydrogen) atoms. The molecule has 0 bridgehead atoms. The van der Waals surface area contributed by atoms with Gasteiger partial charge in [-0.25, -0.2) is 0 Å². The van der Waals surface area contributed by atoms with Crippen LogP contribution in [0.3, 0.4) is 0 Å². The van der Waals surface area contributed by atoms with Gasteiger partial charge in [-0.05, 0) is 36.1 Å². The van der Waals surface area contributed by atoms with Crippen molar-refractivity contribution in [3.8, 4) is 22.4 Å². The largest absolute Gasteiger partial charge is 0.213 e. The Morgan fingerprint density at radius 3 is 2.23 bits per heavy atom. The van der Waals surface area contributed by atoms with Crippen LogP contribution >= 0.6 is 0 Å². The number of benzene rings is 2. The lowest BCUT2D eigenvalue weighted by atomic mass is 9.72. The molecule has 3 aromatic rings. The molecule has 132 valence electrons. The summed E-state index contributed by atoms with van der Waals surface area (Å²) in [7, 11) is 0. The molecule has 0 saturated heterocycles. The van der Waals surface area contributed by atoms with Gasteiger partial charge in [0.2, 0.25) is 5.69 Å². The predicted octanol–water partition coefficient (Wildman–Crippen LogP) is 6.08. The first-order valence-electron chi connectivity index (χ1n) is 9.89. The molecule has 0 radical (unpaired) electrons. The topological polar surface area (TPSA) is 3.88 Å². The second-order valence-electron chi connectivity index (χ2n) is 7.52. The molecule has 0 aliphatic carbocycles. The molecule has 1 aliphatic heterocycles. The van der Waals surface area contributed by atoms with Crippen LogP contribution in [0, 0.1) is 6.92 Å². The van der Waals surface area contributed by atoms with Crippen LogP contribution in [0.25, 0.3) is 22.4 Å². The Bertz CT molecular complexity index is 920. The van der Waals surface area contributed by atoms with Gasteiger partial charge in [-0.15, -0.1) is 0 Å². The summed E-state index contributed by atoms with van der Waals surface area (Å²) in [6.45, 7) is 8.06. The average molecular weight is 343 g/mol. The molecular formula is C25H28N+. The normalized spacial score (nSPS) is 15.0. The summed E-state index contributed by atoms with van der Waals surface area (Å²) in [5.41, 5.74) is 8.59. The van der Waals surface area contributed by atoms with Gasteiger partial charge in [-0.3, -0.25) is 0 Å². The molecule has 2 aromatic carbocycles. The molecule has 0 unspecified atom stereocenters. The third-order valence-electron chi connectivity index (χ3n) is 6.52. The molecule has 2 heterocycles. The maximum atomic E-state index is 2.55. The van der Waals surface area contributed by atoms with Crippen molar-refractivity contribution >= 4 is 0 Å². The van der Waals surface area contributed by atoms with E-state index < -0.39 is 0 Å². The summed E-state index contributed by atoms with van der Waals surface area (Å²) in [5.74, 6) is 0. The van der Waals surface area contributed by atoms with E-state index in [4.69, 9.17) is 0 Å². The van der Waals surface area contributed by atoms with E-state index in [2.05, 4.69) is 92.1 Å². The Balaban J connectivity index is 1.94. The molecule has 0 atom stereocenters. The van der Waals surface area contributed by atoms with Crippen LogP contribution < -0.4 is 4.57 Å². The molecule has 1 nitrogen and oxygen atoms in total. The van der Waals surface area contributed by atoms with Crippen molar-refractivity contribution in [3.63, 3.8) is 0 Å². The maximum Gasteiger partial charge on any atom is 0.213 e. The highest BCUT2D eigenvalue weighted by molar-refractivity contribution is 5.69. The van der Waals surface area contributed by atoms with Gasteiger partial charge in [-0.2, -0.15) is 4.57 Å². The number of hydrogen-bond donors (Lipinski definition) is 0. The van der Waals surface area contributed by atoms with Crippen molar-refractivity contribution in [1.29, 1.82) is 0 Å². The standard InChI is InChI=1S/C25H28N/c1-4-25(5-2)17-18-26-19(3)21(20-11-7-6-8-12-20)15-16-24(26)22-13-9-10-14-23(22)25/h6-16H,4-5,17-18H2,1-3H3/q+1. The van der Waals surface area contributed by atoms with Gasteiger partial charge in [0.05, 0.1) is 0 Å². The minimum Gasteiger partial charge on any atom is -0.195 e. The summed E-state index contributed by atoms with van der Waals surface area (Å²) in [6.07, 6.45) is 3.59. The number of fused-ring (bicyclic) bond motifs is 3. The van der Waals surface area contributed by atoms with Crippen LogP contribution in [0.5, 0.6) is 0 Å². The van der Waals surface area contributed by atoms with Crippen LogP contribution in [0.1, 0.15) is 44.4 Å². The van der Waals surface area contributed by atoms with E-state index in [0.717, 1.165) is 6.54 Å². The lowest BCUT2D eigenvalue weighted by molar-refractivity contribution is -0.692. The van der Waals surface area contributed by atoms with E-state index in [9.17, 15) is 0 Å². The first kappa shape index (κ1) is 17.0. The Hall–Kier alpha value is -2.41. The summed E-state index contributed by atoms with van der Waals surface area (Å²) in [6, 6.07) is 24.5. The van der Waals surface area contributed by atoms with Crippen LogP contribution in [0.4, 0.5) is 0 Å². The van der Waals surface area contributed by atoms with Crippen molar-refractivity contribution in [3.05, 3.63) is 78.0 Å². The average Bonchev–Trinajstić information content (AvgIpc) is 2.85. The van der Waals surface area contributed by atoms with Crippen molar-refractivity contribution in [1.82, 2.24) is 0 Å². The van der Waals surface area contributed by atoms with Crippen molar-refractivity contribution in [2.24, 2.45) is 0 Å². The molecule has 0 N–H and O–H groups in total. The Kier molecular flexibility index (Phi) is 4.40. The molecule has 0 saturated carbocycles. The van der Waals surface area contributed by atoms with Gasteiger partial charge in [0, 0.05) is 36.0 Å². The lowest BCUT2D eigenvalue weighted by Gasteiger charge is -2.31. The summed E-state index contributed by atoms with van der Waals surface area (Å²) in [4.78, 5) is 0. The molecule has 1 heteroatoms. The summed E-state index contributed by atoms with van der Waals surface area (Å²) in [5, 5.41) is 0. The van der Waals surface area contributed by atoms with Crippen LogP contribution in [0.15, 0.2) is 66.7 Å². The predicted molar refractivity (Wildman–Crippen MR) is 109 cm³/mol. The number of aromatic nitrogens is 1. The first-order valence-corrected chi connectivity index (χ1v) is 9.89. The van der Waals surface area contributed by atoms with Crippen LogP contribution in [-0.2, 0) is 12.0 Å². The second-order valence-corrected chi connectivity index (χ2v) is 7.52. The van der Waals surface area contributed by atoms with Crippen molar-refractivity contribution in [2.45, 2.75) is 52.0 Å². The smallest absolute Gasteiger partial charge is 0.195 e. The van der Waals surface area contributed by atoms with Crippen LogP contribution in [0.2, 0.25) is 0 Å². The minimum absolute atomic E-state index is 0.280. The minimum atomic E-state index is 0.280. The summed E-state index contributed by atoms with van der Waals surface area (Å²) >= 11 is 0. The van der Waals surface area contributed by atoms with E-state index in [1.54, 1.807) is 0 Å². The SMILES string of the molecule is CCC1(CC)CC[n+]2c(ccc(-c3ccccc3)c2C)-c2ccccc21. The number of nitrogens with zero attached hydrogens (tertiary/aromatic N) is 1. The van der Waals surface area contributed by atoms with Crippen molar-refractivity contribution < 1.29 is 4.57 Å². The van der Waals surface area contributed by atoms with Gasteiger partial charge in [-0.1, -0.05) is 62.4 Å². The van der Waals surface area contributed by atoms with E-state index in [-0.39, 0.29) is 5.41 Å². The van der Waals surface area contributed by atoms with E-state index in [1.165, 1.54) is 52.9 Å². The number of rotatable bonds is 3. The molecule has 0 amide bonds. The monoisotopic (exact) mass is 342 g/mol. The molecule has 1 aliphatic rings. The molecular weight excluding hydrogens is 314 g/mol. The summed E-state index contributed by atoms with van der Waals surface area (Å²) < 4.78 is 2.55. The fourth-order valence-corrected chi connectivity index (χ4v) is 4.76. The first-order chi connectivity index (χ1) is 12.7. The number of pyridine rings is 1. The maximum absolute atomic E-state index is 2.55. The second kappa shape index (κ2) is 6.72. The zero-order chi connectivity index (χ0) is 18.1. The van der Waals surface area contributed by atoms with E-state index in [0.29, 0.717) is 0 Å². The third kappa shape index (κ3) is 2.58. The highest BCUT2D eigenvalue weighted by Gasteiger charge is 2.37. The van der Waals surface area contributed by atoms with Gasteiger partial charge < -0.3 is 0 Å². The van der Waals surface area contributed by atoms with Gasteiger partial charge in [0.15, 0.2) is 5.69 Å². The zero-order valence-electron chi connectivity index (χ0n) is 16.1. The zero-order valence-corrected chi connectivity index (χ0v) is 16.1. The number of hydrogen-bond acceptors (Lipinski definition) is 0. The van der Waals surface area contributed by atoms with Gasteiger partial charge in [0.25, 0.3) is 0 Å². The molecule has 4 rings (SSSR count). The Morgan fingerprint density at radius 2 is 1.50 bits per heavy atom. The van der Waals surface area contributed by atoms with Crippen molar-refractivity contribution in [2.75, 3.05) is 0 Å². The fraction of sp³-hybridized carbons (Fsp3) is 0.320. The third-order valence-corrected chi connectivity index (χ3v) is 6.52. The molecule has 0 spiro atoms. The van der Waals surface area contributed by atoms with Crippen LogP contribution in [-0.4, -0.2) is 0 Å². The van der Waals surface area contributed by atoms with E-state index in [1.807, 2.05) is 0 Å². The fourth-order valence-electron chi connectivity index (χ4n) is 4.76. The highest BCUT2D eigenvalue weighted by atomic mass is 15.0. The quantitative estimate of drug-likeness (QED) is 0.508. The van der Waals surface area contributed by atoms with Gasteiger partial charge >= 0.3 is 0 Å². The molecule has 1 aromatic heterocycles. The lowest BCUT2D eigenvalue weighted by Crippen LogP contribution is -2.40. The highest BCUT2D eigenvalue weighted by Crippen LogP contribution is 2.42. The Morgan fingerprint density at radius 1 is 0.808 bits per heavy atom. The van der Waals surface area contributed by atoms with Gasteiger partial charge in [0.1, 0.15) is 6.54 Å².